The predicted octanol–water partition coefficient (Wildman–Crippen LogP) is 6.08. The molecule has 3 nitrogen and oxygen atoms in total. The number of rotatable bonds is 2. The molecule has 0 bridgehead atoms. The second-order valence-electron chi connectivity index (χ2n) is 8.95. The van der Waals surface area contributed by atoms with Crippen LogP contribution in [0.4, 0.5) is 0 Å². The first-order chi connectivity index (χ1) is 12.9. The van der Waals surface area contributed by atoms with Gasteiger partial charge in [-0.3, -0.25) is 14.5 Å². The molecule has 1 unspecified atom stereocenters. The van der Waals surface area contributed by atoms with Crippen LogP contribution < -0.4 is 0 Å². The largest absolute Gasteiger partial charge is 0.271 e. The zero-order valence-corrected chi connectivity index (χ0v) is 17.8. The number of imide groups is 1. The van der Waals surface area contributed by atoms with Crippen LogP contribution in [-0.4, -0.2) is 32.8 Å². The summed E-state index contributed by atoms with van der Waals surface area (Å²) in [6.07, 6.45) is 10.3. The number of hydrogen-bond donors (Lipinski definition) is 0. The number of fused-ring (bicyclic) bond motifs is 1. The molecule has 0 N–H and O–H groups in total. The quantitative estimate of drug-likeness (QED) is 0.577. The standard InChI is InChI=1S/C23H33NO2S/c1-23(2,3)27-18-13-6-4-5-11-17(12-7-8-14-18)24-21(25)19-15-9-10-16-20(19)22(24)26/h9-10,15-18H,4-8,11-14H2,1-3H3/t17-,18?/m0/s1. The molecule has 1 saturated carbocycles. The Labute approximate surface area is 168 Å². The van der Waals surface area contributed by atoms with Gasteiger partial charge in [-0.15, -0.1) is 0 Å². The zero-order valence-electron chi connectivity index (χ0n) is 17.0. The Balaban J connectivity index is 1.65. The highest BCUT2D eigenvalue weighted by Gasteiger charge is 2.39. The summed E-state index contributed by atoms with van der Waals surface area (Å²) >= 11 is 2.12. The van der Waals surface area contributed by atoms with E-state index in [2.05, 4.69) is 32.5 Å². The number of thioether (sulfide) groups is 1. The highest BCUT2D eigenvalue weighted by molar-refractivity contribution is 8.01. The summed E-state index contributed by atoms with van der Waals surface area (Å²) in [6.45, 7) is 6.92. The first-order valence-electron chi connectivity index (χ1n) is 10.5. The third-order valence-electron chi connectivity index (χ3n) is 5.59. The van der Waals surface area contributed by atoms with E-state index in [0.29, 0.717) is 15.9 Å². The van der Waals surface area contributed by atoms with Crippen LogP contribution in [0.3, 0.4) is 0 Å². The Morgan fingerprint density at radius 2 is 1.30 bits per heavy atom. The molecule has 2 amide bonds. The number of amides is 2. The normalized spacial score (nSPS) is 25.2. The molecule has 2 aliphatic rings. The number of carbonyl (C=O) groups is 2. The monoisotopic (exact) mass is 387 g/mol. The summed E-state index contributed by atoms with van der Waals surface area (Å²) in [5.41, 5.74) is 1.16. The van der Waals surface area contributed by atoms with Gasteiger partial charge in [-0.05, 0) is 37.8 Å². The Kier molecular flexibility index (Phi) is 6.67. The molecular weight excluding hydrogens is 354 g/mol. The minimum Gasteiger partial charge on any atom is -0.271 e. The lowest BCUT2D eigenvalue weighted by molar-refractivity contribution is 0.0563. The van der Waals surface area contributed by atoms with Crippen molar-refractivity contribution in [2.45, 2.75) is 94.6 Å². The average Bonchev–Trinajstić information content (AvgIpc) is 2.84. The minimum absolute atomic E-state index is 0.0595. The van der Waals surface area contributed by atoms with E-state index >= 15 is 0 Å². The van der Waals surface area contributed by atoms with Gasteiger partial charge in [-0.2, -0.15) is 11.8 Å². The van der Waals surface area contributed by atoms with Gasteiger partial charge >= 0.3 is 0 Å². The second-order valence-corrected chi connectivity index (χ2v) is 11.1. The van der Waals surface area contributed by atoms with E-state index in [9.17, 15) is 9.59 Å². The molecule has 27 heavy (non-hydrogen) atoms. The Morgan fingerprint density at radius 3 is 1.85 bits per heavy atom. The lowest BCUT2D eigenvalue weighted by Gasteiger charge is -2.26. The van der Waals surface area contributed by atoms with Gasteiger partial charge in [0, 0.05) is 16.0 Å². The van der Waals surface area contributed by atoms with Gasteiger partial charge in [0.1, 0.15) is 0 Å². The fraction of sp³-hybridized carbons (Fsp3) is 0.652. The maximum absolute atomic E-state index is 12.8. The summed E-state index contributed by atoms with van der Waals surface area (Å²) in [5.74, 6) is -0.173. The summed E-state index contributed by atoms with van der Waals surface area (Å²) in [7, 11) is 0. The van der Waals surface area contributed by atoms with Gasteiger partial charge in [0.25, 0.3) is 11.8 Å². The van der Waals surface area contributed by atoms with Crippen molar-refractivity contribution in [1.29, 1.82) is 0 Å². The van der Waals surface area contributed by atoms with E-state index in [1.165, 1.54) is 32.1 Å². The molecule has 1 aromatic carbocycles. The molecular formula is C23H33NO2S. The lowest BCUT2D eigenvalue weighted by atomic mass is 10.0. The van der Waals surface area contributed by atoms with Crippen LogP contribution in [0.25, 0.3) is 0 Å². The molecule has 3 rings (SSSR count). The predicted molar refractivity (Wildman–Crippen MR) is 113 cm³/mol. The van der Waals surface area contributed by atoms with Crippen LogP contribution in [0.15, 0.2) is 24.3 Å². The first-order valence-corrected chi connectivity index (χ1v) is 11.4. The average molecular weight is 388 g/mol. The van der Waals surface area contributed by atoms with Crippen LogP contribution in [0, 0.1) is 0 Å². The maximum atomic E-state index is 12.8. The van der Waals surface area contributed by atoms with E-state index < -0.39 is 0 Å². The van der Waals surface area contributed by atoms with E-state index in [-0.39, 0.29) is 17.9 Å². The Hall–Kier alpha value is -1.29. The number of nitrogens with zero attached hydrogens (tertiary/aromatic N) is 1. The van der Waals surface area contributed by atoms with E-state index in [1.54, 1.807) is 17.0 Å². The van der Waals surface area contributed by atoms with E-state index in [4.69, 9.17) is 0 Å². The van der Waals surface area contributed by atoms with Crippen molar-refractivity contribution in [3.63, 3.8) is 0 Å². The molecule has 2 atom stereocenters. The van der Waals surface area contributed by atoms with Crippen LogP contribution in [-0.2, 0) is 0 Å². The molecule has 1 aliphatic carbocycles. The molecule has 4 heteroatoms. The van der Waals surface area contributed by atoms with Crippen LogP contribution >= 0.6 is 11.8 Å². The molecule has 1 fully saturated rings. The van der Waals surface area contributed by atoms with E-state index in [1.807, 2.05) is 12.1 Å². The van der Waals surface area contributed by atoms with E-state index in [0.717, 1.165) is 30.9 Å². The van der Waals surface area contributed by atoms with Gasteiger partial charge in [0.15, 0.2) is 0 Å². The van der Waals surface area contributed by atoms with Gasteiger partial charge in [-0.1, -0.05) is 65.0 Å². The Bertz CT molecular complexity index is 644. The fourth-order valence-electron chi connectivity index (χ4n) is 4.38. The molecule has 0 saturated heterocycles. The van der Waals surface area contributed by atoms with Crippen LogP contribution in [0.1, 0.15) is 99.3 Å². The molecule has 1 heterocycles. The molecule has 0 spiro atoms. The van der Waals surface area contributed by atoms with Crippen molar-refractivity contribution in [3.05, 3.63) is 35.4 Å². The SMILES string of the molecule is CC(C)(C)SC1CCCCC[C@H](N2C(=O)c3ccccc3C2=O)CCCC1. The van der Waals surface area contributed by atoms with Crippen molar-refractivity contribution >= 4 is 23.6 Å². The molecule has 1 aromatic rings. The highest BCUT2D eigenvalue weighted by Crippen LogP contribution is 2.35. The third kappa shape index (κ3) is 5.16. The van der Waals surface area contributed by atoms with Crippen molar-refractivity contribution in [1.82, 2.24) is 4.90 Å². The van der Waals surface area contributed by atoms with Crippen LogP contribution in [0.5, 0.6) is 0 Å². The van der Waals surface area contributed by atoms with Crippen molar-refractivity contribution in [2.24, 2.45) is 0 Å². The number of hydrogen-bond acceptors (Lipinski definition) is 3. The first kappa shape index (κ1) is 20.4. The molecule has 0 aromatic heterocycles. The van der Waals surface area contributed by atoms with Crippen molar-refractivity contribution < 1.29 is 9.59 Å². The summed E-state index contributed by atoms with van der Waals surface area (Å²) in [6, 6.07) is 7.32. The topological polar surface area (TPSA) is 37.4 Å². The molecule has 1 aliphatic heterocycles. The maximum Gasteiger partial charge on any atom is 0.261 e. The summed E-state index contributed by atoms with van der Waals surface area (Å²) in [4.78, 5) is 27.2. The zero-order chi connectivity index (χ0) is 19.4. The Morgan fingerprint density at radius 1 is 0.815 bits per heavy atom. The summed E-state index contributed by atoms with van der Waals surface area (Å²) < 4.78 is 0.313. The van der Waals surface area contributed by atoms with Gasteiger partial charge in [-0.25, -0.2) is 0 Å². The third-order valence-corrected chi connectivity index (χ3v) is 7.10. The van der Waals surface area contributed by atoms with Gasteiger partial charge in [0.05, 0.1) is 11.1 Å². The van der Waals surface area contributed by atoms with Gasteiger partial charge < -0.3 is 0 Å². The highest BCUT2D eigenvalue weighted by atomic mass is 32.2. The second kappa shape index (κ2) is 8.81. The lowest BCUT2D eigenvalue weighted by Crippen LogP contribution is -2.39. The molecule has 0 radical (unpaired) electrons. The van der Waals surface area contributed by atoms with Gasteiger partial charge in [0.2, 0.25) is 0 Å². The van der Waals surface area contributed by atoms with Crippen molar-refractivity contribution in [2.75, 3.05) is 0 Å². The summed E-state index contributed by atoms with van der Waals surface area (Å²) in [5, 5.41) is 0.737. The van der Waals surface area contributed by atoms with Crippen molar-refractivity contribution in [3.8, 4) is 0 Å². The van der Waals surface area contributed by atoms with Crippen LogP contribution in [0.2, 0.25) is 0 Å². The number of benzene rings is 1. The number of carbonyl (C=O) groups excluding carboxylic acids is 2. The minimum atomic E-state index is -0.0864. The molecule has 148 valence electrons. The smallest absolute Gasteiger partial charge is 0.261 e. The fourth-order valence-corrected chi connectivity index (χ4v) is 5.95.